The fourth-order valence-corrected chi connectivity index (χ4v) is 1.50. The summed E-state index contributed by atoms with van der Waals surface area (Å²) in [6.07, 6.45) is 2.42. The normalized spacial score (nSPS) is 10.5. The second-order valence-corrected chi connectivity index (χ2v) is 3.69. The Morgan fingerprint density at radius 3 is 2.69 bits per heavy atom. The summed E-state index contributed by atoms with van der Waals surface area (Å²) in [5, 5.41) is 1.96. The van der Waals surface area contributed by atoms with Crippen LogP contribution in [0.5, 0.6) is 0 Å². The molecule has 1 aromatic carbocycles. The molecule has 0 saturated heterocycles. The van der Waals surface area contributed by atoms with Gasteiger partial charge in [0.25, 0.3) is 0 Å². The third-order valence-corrected chi connectivity index (χ3v) is 2.32. The fraction of sp³-hybridized carbons (Fsp3) is 0.182. The van der Waals surface area contributed by atoms with Crippen molar-refractivity contribution in [1.29, 1.82) is 0 Å². The Kier molecular flexibility index (Phi) is 4.33. The van der Waals surface area contributed by atoms with Gasteiger partial charge in [-0.3, -0.25) is 4.79 Å². The zero-order valence-electron chi connectivity index (χ0n) is 7.57. The number of Topliss-reactive ketones (excluding diaryl/α,β-unsaturated/α-hetero) is 1. The van der Waals surface area contributed by atoms with Gasteiger partial charge in [-0.05, 0) is 24.5 Å². The lowest BCUT2D eigenvalue weighted by Crippen LogP contribution is -1.83. The average Bonchev–Trinajstić information content (AvgIpc) is 2.14. The number of benzene rings is 1. The Morgan fingerprint density at radius 2 is 2.08 bits per heavy atom. The molecule has 68 valence electrons. The van der Waals surface area contributed by atoms with Crippen molar-refractivity contribution in [2.45, 2.75) is 18.2 Å². The van der Waals surface area contributed by atoms with Gasteiger partial charge in [0.05, 0.1) is 0 Å². The van der Waals surface area contributed by atoms with Crippen LogP contribution < -0.4 is 0 Å². The molecule has 13 heavy (non-hydrogen) atoms. The number of rotatable bonds is 4. The highest BCUT2D eigenvalue weighted by Gasteiger charge is 1.88. The third kappa shape index (κ3) is 4.53. The van der Waals surface area contributed by atoms with E-state index < -0.39 is 0 Å². The molecule has 0 aliphatic heterocycles. The highest BCUT2D eigenvalue weighted by atomic mass is 32.2. The molecule has 0 aliphatic carbocycles. The summed E-state index contributed by atoms with van der Waals surface area (Å²) in [5.41, 5.74) is 0. The molecule has 0 bridgehead atoms. The van der Waals surface area contributed by atoms with E-state index in [1.54, 1.807) is 18.7 Å². The SMILES string of the molecule is CC(=O)C/C=C/Sc1ccccc1. The van der Waals surface area contributed by atoms with Crippen molar-refractivity contribution in [3.05, 3.63) is 41.8 Å². The zero-order valence-corrected chi connectivity index (χ0v) is 8.38. The molecule has 1 rings (SSSR count). The Balaban J connectivity index is 2.35. The van der Waals surface area contributed by atoms with Gasteiger partial charge >= 0.3 is 0 Å². The van der Waals surface area contributed by atoms with Crippen LogP contribution in [-0.2, 0) is 4.79 Å². The predicted octanol–water partition coefficient (Wildman–Crippen LogP) is 3.27. The number of thioether (sulfide) groups is 1. The first-order valence-electron chi connectivity index (χ1n) is 4.15. The summed E-state index contributed by atoms with van der Waals surface area (Å²) in [5.74, 6) is 0.199. The van der Waals surface area contributed by atoms with E-state index in [4.69, 9.17) is 0 Å². The molecule has 1 aromatic rings. The van der Waals surface area contributed by atoms with Crippen molar-refractivity contribution in [2.75, 3.05) is 0 Å². The smallest absolute Gasteiger partial charge is 0.133 e. The van der Waals surface area contributed by atoms with Gasteiger partial charge in [-0.1, -0.05) is 36.0 Å². The van der Waals surface area contributed by atoms with Gasteiger partial charge in [-0.25, -0.2) is 0 Å². The number of hydrogen-bond donors (Lipinski definition) is 0. The maximum Gasteiger partial charge on any atom is 0.133 e. The van der Waals surface area contributed by atoms with Gasteiger partial charge in [0.1, 0.15) is 5.78 Å². The Bertz CT molecular complexity index is 290. The highest BCUT2D eigenvalue weighted by molar-refractivity contribution is 8.02. The second-order valence-electron chi connectivity index (χ2n) is 2.71. The van der Waals surface area contributed by atoms with Crippen LogP contribution in [0.25, 0.3) is 0 Å². The molecule has 0 radical (unpaired) electrons. The van der Waals surface area contributed by atoms with Gasteiger partial charge in [0.2, 0.25) is 0 Å². The van der Waals surface area contributed by atoms with Crippen LogP contribution in [0.4, 0.5) is 0 Å². The number of allylic oxidation sites excluding steroid dienone is 1. The monoisotopic (exact) mass is 192 g/mol. The molecular formula is C11H12OS. The fourth-order valence-electron chi connectivity index (χ4n) is 0.840. The van der Waals surface area contributed by atoms with Crippen LogP contribution >= 0.6 is 11.8 Å². The lowest BCUT2D eigenvalue weighted by molar-refractivity contribution is -0.116. The van der Waals surface area contributed by atoms with Crippen LogP contribution in [0.15, 0.2) is 46.7 Å². The maximum absolute atomic E-state index is 10.6. The lowest BCUT2D eigenvalue weighted by atomic mass is 10.3. The standard InChI is InChI=1S/C11H12OS/c1-10(12)6-5-9-13-11-7-3-2-4-8-11/h2-5,7-9H,6H2,1H3/b9-5+. The maximum atomic E-state index is 10.6. The molecule has 0 amide bonds. The van der Waals surface area contributed by atoms with Gasteiger partial charge in [0, 0.05) is 11.3 Å². The molecule has 0 N–H and O–H groups in total. The molecular weight excluding hydrogens is 180 g/mol. The number of carbonyl (C=O) groups excluding carboxylic acids is 1. The first-order chi connectivity index (χ1) is 6.29. The number of hydrogen-bond acceptors (Lipinski definition) is 2. The number of ketones is 1. The quantitative estimate of drug-likeness (QED) is 0.681. The molecule has 0 saturated carbocycles. The minimum atomic E-state index is 0.199. The van der Waals surface area contributed by atoms with Crippen molar-refractivity contribution < 1.29 is 4.79 Å². The minimum absolute atomic E-state index is 0.199. The molecule has 2 heteroatoms. The summed E-state index contributed by atoms with van der Waals surface area (Å²) < 4.78 is 0. The van der Waals surface area contributed by atoms with Gasteiger partial charge in [-0.15, -0.1) is 0 Å². The van der Waals surface area contributed by atoms with E-state index in [0.29, 0.717) is 6.42 Å². The van der Waals surface area contributed by atoms with Gasteiger partial charge in [0.15, 0.2) is 0 Å². The van der Waals surface area contributed by atoms with Crippen LogP contribution in [0.1, 0.15) is 13.3 Å². The van der Waals surface area contributed by atoms with Gasteiger partial charge < -0.3 is 0 Å². The van der Waals surface area contributed by atoms with Crippen molar-refractivity contribution in [1.82, 2.24) is 0 Å². The van der Waals surface area contributed by atoms with E-state index in [0.717, 1.165) is 0 Å². The van der Waals surface area contributed by atoms with Crippen LogP contribution in [0, 0.1) is 0 Å². The van der Waals surface area contributed by atoms with E-state index >= 15 is 0 Å². The van der Waals surface area contributed by atoms with Crippen molar-refractivity contribution >= 4 is 17.5 Å². The number of carbonyl (C=O) groups is 1. The minimum Gasteiger partial charge on any atom is -0.300 e. The van der Waals surface area contributed by atoms with Crippen molar-refractivity contribution in [3.63, 3.8) is 0 Å². The van der Waals surface area contributed by atoms with Gasteiger partial charge in [-0.2, -0.15) is 0 Å². The molecule has 0 aliphatic rings. The molecule has 0 atom stereocenters. The summed E-state index contributed by atoms with van der Waals surface area (Å²) >= 11 is 1.63. The Morgan fingerprint density at radius 1 is 1.38 bits per heavy atom. The van der Waals surface area contributed by atoms with E-state index in [2.05, 4.69) is 0 Å². The van der Waals surface area contributed by atoms with E-state index in [-0.39, 0.29) is 5.78 Å². The largest absolute Gasteiger partial charge is 0.300 e. The molecule has 1 nitrogen and oxygen atoms in total. The van der Waals surface area contributed by atoms with E-state index in [1.165, 1.54) is 4.90 Å². The van der Waals surface area contributed by atoms with E-state index in [1.807, 2.05) is 41.8 Å². The molecule has 0 aromatic heterocycles. The second kappa shape index (κ2) is 5.60. The highest BCUT2D eigenvalue weighted by Crippen LogP contribution is 2.17. The van der Waals surface area contributed by atoms with Crippen LogP contribution in [0.3, 0.4) is 0 Å². The molecule has 0 spiro atoms. The topological polar surface area (TPSA) is 17.1 Å². The summed E-state index contributed by atoms with van der Waals surface area (Å²) in [7, 11) is 0. The summed E-state index contributed by atoms with van der Waals surface area (Å²) in [6.45, 7) is 1.59. The molecule has 0 unspecified atom stereocenters. The predicted molar refractivity (Wildman–Crippen MR) is 56.7 cm³/mol. The first kappa shape index (κ1) is 10.1. The summed E-state index contributed by atoms with van der Waals surface area (Å²) in [6, 6.07) is 10.1. The third-order valence-electron chi connectivity index (χ3n) is 1.45. The molecule has 0 heterocycles. The Hall–Kier alpha value is -1.02. The van der Waals surface area contributed by atoms with Crippen LogP contribution in [-0.4, -0.2) is 5.78 Å². The first-order valence-corrected chi connectivity index (χ1v) is 5.03. The van der Waals surface area contributed by atoms with Crippen molar-refractivity contribution in [2.24, 2.45) is 0 Å². The average molecular weight is 192 g/mol. The van der Waals surface area contributed by atoms with Crippen LogP contribution in [0.2, 0.25) is 0 Å². The summed E-state index contributed by atoms with van der Waals surface area (Å²) in [4.78, 5) is 11.8. The zero-order chi connectivity index (χ0) is 9.52. The van der Waals surface area contributed by atoms with E-state index in [9.17, 15) is 4.79 Å². The lowest BCUT2D eigenvalue weighted by Gasteiger charge is -1.92. The molecule has 0 fully saturated rings. The Labute approximate surface area is 82.9 Å². The van der Waals surface area contributed by atoms with Crippen molar-refractivity contribution in [3.8, 4) is 0 Å².